The molecule has 0 unspecified atom stereocenters. The average molecular weight is 399 g/mol. The van der Waals surface area contributed by atoms with Crippen LogP contribution in [0.2, 0.25) is 5.02 Å². The van der Waals surface area contributed by atoms with Crippen molar-refractivity contribution >= 4 is 35.0 Å². The number of aromatic nitrogens is 2. The van der Waals surface area contributed by atoms with E-state index in [4.69, 9.17) is 16.9 Å². The van der Waals surface area contributed by atoms with Crippen molar-refractivity contribution in [2.45, 2.75) is 13.1 Å². The van der Waals surface area contributed by atoms with Gasteiger partial charge in [0.15, 0.2) is 0 Å². The molecule has 0 spiro atoms. The molecule has 1 heterocycles. The molecule has 1 aromatic heterocycles. The van der Waals surface area contributed by atoms with E-state index in [0.717, 1.165) is 0 Å². The fourth-order valence-electron chi connectivity index (χ4n) is 2.02. The summed E-state index contributed by atoms with van der Waals surface area (Å²) in [6.45, 7) is 1.48. The van der Waals surface area contributed by atoms with Crippen LogP contribution in [0.5, 0.6) is 0 Å². The predicted octanol–water partition coefficient (Wildman–Crippen LogP) is 3.31. The number of benzene rings is 1. The molecule has 0 saturated heterocycles. The number of carbonyl (C=O) groups excluding carboxylic acids is 1. The lowest BCUT2D eigenvalue weighted by Gasteiger charge is -2.15. The van der Waals surface area contributed by atoms with Crippen LogP contribution >= 0.6 is 11.6 Å². The van der Waals surface area contributed by atoms with Crippen molar-refractivity contribution in [3.05, 3.63) is 40.5 Å². The van der Waals surface area contributed by atoms with E-state index in [1.807, 2.05) is 6.07 Å². The Bertz CT molecular complexity index is 881. The summed E-state index contributed by atoms with van der Waals surface area (Å²) in [5.74, 6) is -0.813. The number of hydrogen-bond acceptors (Lipinski definition) is 6. The van der Waals surface area contributed by atoms with Gasteiger partial charge in [0.05, 0.1) is 10.6 Å². The molecule has 7 nitrogen and oxygen atoms in total. The third kappa shape index (κ3) is 5.72. The Morgan fingerprint density at radius 1 is 1.33 bits per heavy atom. The van der Waals surface area contributed by atoms with Gasteiger partial charge >= 0.3 is 6.18 Å². The first-order chi connectivity index (χ1) is 12.7. The van der Waals surface area contributed by atoms with E-state index in [1.54, 1.807) is 0 Å². The van der Waals surface area contributed by atoms with E-state index in [1.165, 1.54) is 25.1 Å². The highest BCUT2D eigenvalue weighted by Gasteiger charge is 2.35. The van der Waals surface area contributed by atoms with Crippen molar-refractivity contribution in [1.82, 2.24) is 15.3 Å². The molecule has 0 aliphatic heterocycles. The molecule has 3 N–H and O–H groups in total. The minimum absolute atomic E-state index is 0.0435. The standard InChI is InChI=1S/C16H14ClF3N6O/c1-9(27)22-4-5-23-14-12(16(18,19)20)8-24-15(26-14)25-11-3-2-10(7-21)13(17)6-11/h2-3,6,8H,4-5H2,1H3,(H,22,27)(H2,23,24,25,26). The van der Waals surface area contributed by atoms with Crippen LogP contribution in [0.1, 0.15) is 18.1 Å². The normalized spacial score (nSPS) is 10.8. The molecule has 0 bridgehead atoms. The fourth-order valence-corrected chi connectivity index (χ4v) is 2.24. The van der Waals surface area contributed by atoms with Gasteiger partial charge in [0.25, 0.3) is 0 Å². The summed E-state index contributed by atoms with van der Waals surface area (Å²) < 4.78 is 39.4. The molecule has 0 aliphatic rings. The highest BCUT2D eigenvalue weighted by Crippen LogP contribution is 2.34. The maximum absolute atomic E-state index is 13.1. The quantitative estimate of drug-likeness (QED) is 0.645. The third-order valence-electron chi connectivity index (χ3n) is 3.23. The number of nitrogens with zero attached hydrogens (tertiary/aromatic N) is 3. The minimum Gasteiger partial charge on any atom is -0.368 e. The lowest BCUT2D eigenvalue weighted by Crippen LogP contribution is -2.27. The second-order valence-corrected chi connectivity index (χ2v) is 5.70. The van der Waals surface area contributed by atoms with Crippen molar-refractivity contribution < 1.29 is 18.0 Å². The molecule has 0 aliphatic carbocycles. The van der Waals surface area contributed by atoms with Gasteiger partial charge in [0.2, 0.25) is 11.9 Å². The fraction of sp³-hybridized carbons (Fsp3) is 0.250. The summed E-state index contributed by atoms with van der Waals surface area (Å²) in [4.78, 5) is 18.3. The minimum atomic E-state index is -4.65. The summed E-state index contributed by atoms with van der Waals surface area (Å²) in [7, 11) is 0. The van der Waals surface area contributed by atoms with Gasteiger partial charge in [0, 0.05) is 31.9 Å². The Labute approximate surface area is 157 Å². The molecular weight excluding hydrogens is 385 g/mol. The summed E-state index contributed by atoms with van der Waals surface area (Å²) in [5.41, 5.74) is -0.368. The van der Waals surface area contributed by atoms with Crippen molar-refractivity contribution in [3.63, 3.8) is 0 Å². The van der Waals surface area contributed by atoms with Gasteiger partial charge in [-0.25, -0.2) is 4.98 Å². The lowest BCUT2D eigenvalue weighted by molar-refractivity contribution is -0.137. The molecule has 2 aromatic rings. The number of nitriles is 1. The van der Waals surface area contributed by atoms with E-state index in [9.17, 15) is 18.0 Å². The van der Waals surface area contributed by atoms with Crippen molar-refractivity contribution in [3.8, 4) is 6.07 Å². The van der Waals surface area contributed by atoms with E-state index in [2.05, 4.69) is 25.9 Å². The second kappa shape index (κ2) is 8.55. The zero-order valence-electron chi connectivity index (χ0n) is 14.0. The summed E-state index contributed by atoms with van der Waals surface area (Å²) in [6.07, 6.45) is -3.99. The number of hydrogen-bond donors (Lipinski definition) is 3. The first kappa shape index (κ1) is 20.3. The molecule has 0 saturated carbocycles. The van der Waals surface area contributed by atoms with Crippen molar-refractivity contribution in [2.24, 2.45) is 0 Å². The van der Waals surface area contributed by atoms with Crippen LogP contribution in [-0.2, 0) is 11.0 Å². The SMILES string of the molecule is CC(=O)NCCNc1nc(Nc2ccc(C#N)c(Cl)c2)ncc1C(F)(F)F. The molecule has 0 fully saturated rings. The van der Waals surface area contributed by atoms with Gasteiger partial charge in [-0.2, -0.15) is 23.4 Å². The Balaban J connectivity index is 2.22. The number of amides is 1. The van der Waals surface area contributed by atoms with Crippen LogP contribution in [0, 0.1) is 11.3 Å². The van der Waals surface area contributed by atoms with Gasteiger partial charge in [-0.3, -0.25) is 4.79 Å². The highest BCUT2D eigenvalue weighted by atomic mass is 35.5. The zero-order valence-corrected chi connectivity index (χ0v) is 14.7. The number of anilines is 3. The van der Waals surface area contributed by atoms with E-state index >= 15 is 0 Å². The van der Waals surface area contributed by atoms with Crippen molar-refractivity contribution in [2.75, 3.05) is 23.7 Å². The lowest BCUT2D eigenvalue weighted by atomic mass is 10.2. The zero-order chi connectivity index (χ0) is 20.0. The number of rotatable bonds is 6. The Morgan fingerprint density at radius 2 is 2.07 bits per heavy atom. The molecule has 11 heteroatoms. The third-order valence-corrected chi connectivity index (χ3v) is 3.54. The van der Waals surface area contributed by atoms with Crippen LogP contribution in [0.3, 0.4) is 0 Å². The molecule has 0 radical (unpaired) electrons. The van der Waals surface area contributed by atoms with Gasteiger partial charge in [0.1, 0.15) is 17.5 Å². The summed E-state index contributed by atoms with van der Waals surface area (Å²) >= 11 is 5.92. The highest BCUT2D eigenvalue weighted by molar-refractivity contribution is 6.32. The summed E-state index contributed by atoms with van der Waals surface area (Å²) in [5, 5.41) is 16.8. The number of nitrogens with one attached hydrogen (secondary N) is 3. The van der Waals surface area contributed by atoms with Gasteiger partial charge in [-0.05, 0) is 18.2 Å². The first-order valence-electron chi connectivity index (χ1n) is 7.60. The number of carbonyl (C=O) groups is 1. The van der Waals surface area contributed by atoms with Gasteiger partial charge < -0.3 is 16.0 Å². The van der Waals surface area contributed by atoms with Crippen LogP contribution in [0.25, 0.3) is 0 Å². The average Bonchev–Trinajstić information content (AvgIpc) is 2.58. The Kier molecular flexibility index (Phi) is 6.41. The maximum atomic E-state index is 13.1. The van der Waals surface area contributed by atoms with Gasteiger partial charge in [-0.1, -0.05) is 11.6 Å². The van der Waals surface area contributed by atoms with Crippen LogP contribution in [0.4, 0.5) is 30.6 Å². The predicted molar refractivity (Wildman–Crippen MR) is 93.7 cm³/mol. The van der Waals surface area contributed by atoms with Gasteiger partial charge in [-0.15, -0.1) is 0 Å². The Hall–Kier alpha value is -3.06. The van der Waals surface area contributed by atoms with Crippen molar-refractivity contribution in [1.29, 1.82) is 5.26 Å². The first-order valence-corrected chi connectivity index (χ1v) is 7.97. The Morgan fingerprint density at radius 3 is 2.67 bits per heavy atom. The second-order valence-electron chi connectivity index (χ2n) is 5.29. The molecule has 27 heavy (non-hydrogen) atoms. The van der Waals surface area contributed by atoms with E-state index < -0.39 is 17.6 Å². The molecule has 1 aromatic carbocycles. The van der Waals surface area contributed by atoms with E-state index in [-0.39, 0.29) is 35.5 Å². The molecule has 142 valence electrons. The van der Waals surface area contributed by atoms with Crippen LogP contribution < -0.4 is 16.0 Å². The smallest absolute Gasteiger partial charge is 0.368 e. The monoisotopic (exact) mass is 398 g/mol. The number of alkyl halides is 3. The topological polar surface area (TPSA) is 103 Å². The largest absolute Gasteiger partial charge is 0.421 e. The molecule has 0 atom stereocenters. The van der Waals surface area contributed by atoms with Crippen LogP contribution in [0.15, 0.2) is 24.4 Å². The van der Waals surface area contributed by atoms with Crippen LogP contribution in [-0.4, -0.2) is 29.0 Å². The summed E-state index contributed by atoms with van der Waals surface area (Å²) in [6, 6.07) is 6.32. The maximum Gasteiger partial charge on any atom is 0.421 e. The molecule has 1 amide bonds. The van der Waals surface area contributed by atoms with E-state index in [0.29, 0.717) is 11.9 Å². The number of halogens is 4. The molecule has 2 rings (SSSR count). The molecular formula is C16H14ClF3N6O.